The van der Waals surface area contributed by atoms with E-state index in [2.05, 4.69) is 16.0 Å². The van der Waals surface area contributed by atoms with Crippen LogP contribution in [0.25, 0.3) is 10.8 Å². The van der Waals surface area contributed by atoms with E-state index >= 15 is 0 Å². The van der Waals surface area contributed by atoms with Gasteiger partial charge in [0.1, 0.15) is 0 Å². The zero-order valence-electron chi connectivity index (χ0n) is 16.9. The Morgan fingerprint density at radius 3 is 2.50 bits per heavy atom. The fourth-order valence-electron chi connectivity index (χ4n) is 3.81. The van der Waals surface area contributed by atoms with E-state index in [1.807, 2.05) is 6.07 Å². The summed E-state index contributed by atoms with van der Waals surface area (Å²) in [6.45, 7) is 2.13. The first-order valence-corrected chi connectivity index (χ1v) is 11.1. The molecule has 4 rings (SSSR count). The van der Waals surface area contributed by atoms with Crippen LogP contribution in [0.3, 0.4) is 0 Å². The second-order valence-electron chi connectivity index (χ2n) is 7.40. The number of nitrogens with one attached hydrogen (secondary N) is 2. The molecule has 0 radical (unpaired) electrons. The quantitative estimate of drug-likeness (QED) is 0.632. The van der Waals surface area contributed by atoms with Crippen molar-refractivity contribution in [2.24, 2.45) is 0 Å². The van der Waals surface area contributed by atoms with Gasteiger partial charge in [0.25, 0.3) is 17.4 Å². The molecule has 2 amide bonds. The summed E-state index contributed by atoms with van der Waals surface area (Å²) in [4.78, 5) is 39.7. The zero-order valence-corrected chi connectivity index (χ0v) is 17.7. The largest absolute Gasteiger partial charge is 0.290 e. The monoisotopic (exact) mass is 424 g/mol. The van der Waals surface area contributed by atoms with E-state index in [1.54, 1.807) is 31.2 Å². The minimum Gasteiger partial charge on any atom is -0.267 e. The van der Waals surface area contributed by atoms with Crippen LogP contribution < -0.4 is 16.4 Å². The van der Waals surface area contributed by atoms with E-state index in [0.717, 1.165) is 25.7 Å². The Morgan fingerprint density at radius 2 is 1.73 bits per heavy atom. The third-order valence-electron chi connectivity index (χ3n) is 5.39. The van der Waals surface area contributed by atoms with Crippen LogP contribution in [0.15, 0.2) is 35.1 Å². The molecule has 30 heavy (non-hydrogen) atoms. The van der Waals surface area contributed by atoms with Crippen LogP contribution in [-0.2, 0) is 19.4 Å². The number of benzene rings is 1. The van der Waals surface area contributed by atoms with Gasteiger partial charge in [0.2, 0.25) is 0 Å². The average Bonchev–Trinajstić information content (AvgIpc) is 3.14. The van der Waals surface area contributed by atoms with Crippen LogP contribution in [0.5, 0.6) is 0 Å². The second kappa shape index (κ2) is 8.79. The molecule has 0 bridgehead atoms. The SMILES string of the molecule is CCn1nc(C(=O)NNC(=O)c2cc3c(s2)CCCCCC3)c2ccccc2c1=O. The van der Waals surface area contributed by atoms with Gasteiger partial charge in [-0.3, -0.25) is 25.2 Å². The van der Waals surface area contributed by atoms with Crippen molar-refractivity contribution in [1.82, 2.24) is 20.6 Å². The number of thiophene rings is 1. The lowest BCUT2D eigenvalue weighted by Gasteiger charge is -2.10. The second-order valence-corrected chi connectivity index (χ2v) is 8.53. The van der Waals surface area contributed by atoms with Gasteiger partial charge >= 0.3 is 0 Å². The number of aromatic nitrogens is 2. The van der Waals surface area contributed by atoms with E-state index in [0.29, 0.717) is 22.2 Å². The number of carbonyl (C=O) groups excluding carboxylic acids is 2. The smallest absolute Gasteiger partial charge is 0.267 e. The molecule has 0 saturated heterocycles. The number of aryl methyl sites for hydroxylation is 3. The Morgan fingerprint density at radius 1 is 1.03 bits per heavy atom. The van der Waals surface area contributed by atoms with Crippen molar-refractivity contribution in [3.63, 3.8) is 0 Å². The third-order valence-corrected chi connectivity index (χ3v) is 6.63. The summed E-state index contributed by atoms with van der Waals surface area (Å²) in [5.74, 6) is -0.898. The van der Waals surface area contributed by atoms with Crippen LogP contribution in [0.1, 0.15) is 63.2 Å². The van der Waals surface area contributed by atoms with Gasteiger partial charge in [0.15, 0.2) is 5.69 Å². The lowest BCUT2D eigenvalue weighted by Crippen LogP contribution is -2.42. The standard InChI is InChI=1S/C22H24N4O3S/c1-2-26-22(29)16-11-8-7-10-15(16)19(25-26)21(28)24-23-20(27)18-13-14-9-5-3-4-6-12-17(14)30-18/h7-8,10-11,13H,2-6,9,12H2,1H3,(H,23,27)(H,24,28). The zero-order chi connectivity index (χ0) is 21.1. The molecule has 3 aromatic rings. The first kappa shape index (κ1) is 20.3. The van der Waals surface area contributed by atoms with Crippen molar-refractivity contribution in [2.45, 2.75) is 52.0 Å². The summed E-state index contributed by atoms with van der Waals surface area (Å²) in [6, 6.07) is 8.78. The van der Waals surface area contributed by atoms with E-state index < -0.39 is 5.91 Å². The molecule has 1 aliphatic carbocycles. The van der Waals surface area contributed by atoms with Crippen molar-refractivity contribution >= 4 is 33.9 Å². The maximum atomic E-state index is 12.8. The number of hydrazine groups is 1. The van der Waals surface area contributed by atoms with Crippen LogP contribution in [0, 0.1) is 0 Å². The van der Waals surface area contributed by atoms with E-state index in [1.165, 1.54) is 39.3 Å². The van der Waals surface area contributed by atoms with Crippen LogP contribution >= 0.6 is 11.3 Å². The predicted molar refractivity (Wildman–Crippen MR) is 117 cm³/mol. The molecule has 0 saturated carbocycles. The fraction of sp³-hybridized carbons (Fsp3) is 0.364. The highest BCUT2D eigenvalue weighted by molar-refractivity contribution is 7.14. The first-order chi connectivity index (χ1) is 14.6. The molecule has 1 aromatic carbocycles. The molecule has 0 unspecified atom stereocenters. The molecule has 0 aliphatic heterocycles. The number of hydrogen-bond donors (Lipinski definition) is 2. The molecule has 2 heterocycles. The summed E-state index contributed by atoms with van der Waals surface area (Å²) in [5.41, 5.74) is 6.06. The van der Waals surface area contributed by atoms with Crippen molar-refractivity contribution in [2.75, 3.05) is 0 Å². The lowest BCUT2D eigenvalue weighted by atomic mass is 10.00. The van der Waals surface area contributed by atoms with Gasteiger partial charge in [0.05, 0.1) is 10.3 Å². The Balaban J connectivity index is 1.53. The summed E-state index contributed by atoms with van der Waals surface area (Å²) in [5, 5.41) is 5.06. The van der Waals surface area contributed by atoms with Gasteiger partial charge in [-0.25, -0.2) is 4.68 Å². The molecular formula is C22H24N4O3S. The summed E-state index contributed by atoms with van der Waals surface area (Å²) in [6.07, 6.45) is 6.77. The number of hydrogen-bond acceptors (Lipinski definition) is 5. The maximum absolute atomic E-state index is 12.8. The Bertz CT molecular complexity index is 1140. The van der Waals surface area contributed by atoms with Crippen LogP contribution in [0.2, 0.25) is 0 Å². The minimum absolute atomic E-state index is 0.103. The Labute approximate surface area is 178 Å². The van der Waals surface area contributed by atoms with Gasteiger partial charge in [-0.05, 0) is 50.3 Å². The average molecular weight is 425 g/mol. The third kappa shape index (κ3) is 4.00. The Hall–Kier alpha value is -3.00. The normalized spacial score (nSPS) is 13.9. The van der Waals surface area contributed by atoms with E-state index in [4.69, 9.17) is 0 Å². The molecule has 2 N–H and O–H groups in total. The highest BCUT2D eigenvalue weighted by atomic mass is 32.1. The minimum atomic E-state index is -0.559. The molecular weight excluding hydrogens is 400 g/mol. The molecule has 156 valence electrons. The lowest BCUT2D eigenvalue weighted by molar-refractivity contribution is 0.0846. The number of carbonyl (C=O) groups is 2. The number of amides is 2. The van der Waals surface area contributed by atoms with Crippen molar-refractivity contribution < 1.29 is 9.59 Å². The van der Waals surface area contributed by atoms with Crippen molar-refractivity contribution in [3.8, 4) is 0 Å². The fourth-order valence-corrected chi connectivity index (χ4v) is 4.96. The number of fused-ring (bicyclic) bond motifs is 2. The van der Waals surface area contributed by atoms with Gasteiger partial charge in [-0.2, -0.15) is 5.10 Å². The molecule has 0 spiro atoms. The first-order valence-electron chi connectivity index (χ1n) is 10.3. The van der Waals surface area contributed by atoms with Gasteiger partial charge in [0, 0.05) is 16.8 Å². The van der Waals surface area contributed by atoms with Crippen molar-refractivity contribution in [1.29, 1.82) is 0 Å². The topological polar surface area (TPSA) is 93.1 Å². The van der Waals surface area contributed by atoms with E-state index in [9.17, 15) is 14.4 Å². The van der Waals surface area contributed by atoms with E-state index in [-0.39, 0.29) is 17.2 Å². The van der Waals surface area contributed by atoms with Crippen LogP contribution in [0.4, 0.5) is 0 Å². The van der Waals surface area contributed by atoms with Gasteiger partial charge in [-0.1, -0.05) is 31.0 Å². The van der Waals surface area contributed by atoms with Gasteiger partial charge < -0.3 is 0 Å². The highest BCUT2D eigenvalue weighted by Gasteiger charge is 2.19. The predicted octanol–water partition coefficient (Wildman–Crippen LogP) is 3.21. The molecule has 7 nitrogen and oxygen atoms in total. The molecule has 1 aliphatic rings. The molecule has 8 heteroatoms. The van der Waals surface area contributed by atoms with Crippen molar-refractivity contribution in [3.05, 3.63) is 61.7 Å². The number of rotatable bonds is 3. The highest BCUT2D eigenvalue weighted by Crippen LogP contribution is 2.28. The Kier molecular flexibility index (Phi) is 5.94. The molecule has 2 aromatic heterocycles. The summed E-state index contributed by atoms with van der Waals surface area (Å²) >= 11 is 1.50. The molecule has 0 atom stereocenters. The van der Waals surface area contributed by atoms with Gasteiger partial charge in [-0.15, -0.1) is 11.3 Å². The summed E-state index contributed by atoms with van der Waals surface area (Å²) in [7, 11) is 0. The molecule has 0 fully saturated rings. The maximum Gasteiger partial charge on any atom is 0.290 e. The summed E-state index contributed by atoms with van der Waals surface area (Å²) < 4.78 is 1.25. The van der Waals surface area contributed by atoms with Crippen LogP contribution in [-0.4, -0.2) is 21.6 Å². The number of nitrogens with zero attached hydrogens (tertiary/aromatic N) is 2.